The van der Waals surface area contributed by atoms with Crippen LogP contribution in [0.5, 0.6) is 0 Å². The number of unbranched alkanes of at least 4 members (excludes halogenated alkanes) is 1. The van der Waals surface area contributed by atoms with Crippen molar-refractivity contribution >= 4 is 23.6 Å². The van der Waals surface area contributed by atoms with Crippen LogP contribution >= 0.6 is 11.8 Å². The fourth-order valence-corrected chi connectivity index (χ4v) is 2.64. The minimum absolute atomic E-state index is 0.0279. The number of benzene rings is 1. The molecule has 0 aliphatic carbocycles. The van der Waals surface area contributed by atoms with Gasteiger partial charge in [-0.15, -0.1) is 11.8 Å². The molecule has 116 valence electrons. The molecule has 0 heterocycles. The highest BCUT2D eigenvalue weighted by Crippen LogP contribution is 2.20. The van der Waals surface area contributed by atoms with Gasteiger partial charge in [-0.1, -0.05) is 19.1 Å². The van der Waals surface area contributed by atoms with Gasteiger partial charge in [-0.2, -0.15) is 0 Å². The first-order valence-corrected chi connectivity index (χ1v) is 8.25. The maximum Gasteiger partial charge on any atom is 0.303 e. The SMILES string of the molecule is CCSc1ccc(C(C)NC(=O)CCCCC(=O)O)cc1. The Morgan fingerprint density at radius 1 is 1.19 bits per heavy atom. The van der Waals surface area contributed by atoms with Gasteiger partial charge in [0.05, 0.1) is 6.04 Å². The van der Waals surface area contributed by atoms with E-state index in [2.05, 4.69) is 24.4 Å². The fourth-order valence-electron chi connectivity index (χ4n) is 1.98. The summed E-state index contributed by atoms with van der Waals surface area (Å²) in [5, 5.41) is 11.5. The van der Waals surface area contributed by atoms with Gasteiger partial charge in [-0.3, -0.25) is 9.59 Å². The number of carbonyl (C=O) groups excluding carboxylic acids is 1. The summed E-state index contributed by atoms with van der Waals surface area (Å²) in [7, 11) is 0. The summed E-state index contributed by atoms with van der Waals surface area (Å²) < 4.78 is 0. The molecule has 1 amide bonds. The highest BCUT2D eigenvalue weighted by Gasteiger charge is 2.09. The number of thioether (sulfide) groups is 1. The van der Waals surface area contributed by atoms with E-state index in [0.717, 1.165) is 11.3 Å². The summed E-state index contributed by atoms with van der Waals surface area (Å²) in [6.07, 6.45) is 1.65. The van der Waals surface area contributed by atoms with Crippen LogP contribution in [0.15, 0.2) is 29.2 Å². The Kier molecular flexibility index (Phi) is 7.90. The zero-order valence-electron chi connectivity index (χ0n) is 12.6. The summed E-state index contributed by atoms with van der Waals surface area (Å²) in [6.45, 7) is 4.07. The van der Waals surface area contributed by atoms with Crippen LogP contribution in [0.4, 0.5) is 0 Å². The molecular formula is C16H23NO3S. The second-order valence-electron chi connectivity index (χ2n) is 4.89. The van der Waals surface area contributed by atoms with Crippen LogP contribution in [0.2, 0.25) is 0 Å². The predicted octanol–water partition coefficient (Wildman–Crippen LogP) is 3.62. The van der Waals surface area contributed by atoms with Crippen molar-refractivity contribution in [3.05, 3.63) is 29.8 Å². The van der Waals surface area contributed by atoms with Crippen LogP contribution in [0.25, 0.3) is 0 Å². The minimum Gasteiger partial charge on any atom is -0.481 e. The predicted molar refractivity (Wildman–Crippen MR) is 85.5 cm³/mol. The van der Waals surface area contributed by atoms with Gasteiger partial charge in [0.2, 0.25) is 5.91 Å². The summed E-state index contributed by atoms with van der Waals surface area (Å²) in [6, 6.07) is 8.18. The maximum atomic E-state index is 11.8. The number of hydrogen-bond donors (Lipinski definition) is 2. The van der Waals surface area contributed by atoms with E-state index in [1.807, 2.05) is 19.1 Å². The van der Waals surface area contributed by atoms with Gasteiger partial charge >= 0.3 is 5.97 Å². The monoisotopic (exact) mass is 309 g/mol. The van der Waals surface area contributed by atoms with Gasteiger partial charge in [0.15, 0.2) is 0 Å². The zero-order valence-corrected chi connectivity index (χ0v) is 13.4. The number of nitrogens with one attached hydrogen (secondary N) is 1. The molecule has 1 aromatic carbocycles. The van der Waals surface area contributed by atoms with Crippen LogP contribution in [0.1, 0.15) is 51.1 Å². The molecule has 0 spiro atoms. The topological polar surface area (TPSA) is 66.4 Å². The van der Waals surface area contributed by atoms with E-state index < -0.39 is 5.97 Å². The second kappa shape index (κ2) is 9.45. The molecule has 0 bridgehead atoms. The van der Waals surface area contributed by atoms with Crippen molar-refractivity contribution in [1.82, 2.24) is 5.32 Å². The molecule has 0 aliphatic rings. The van der Waals surface area contributed by atoms with Gasteiger partial charge in [0.1, 0.15) is 0 Å². The number of carboxylic acids is 1. The highest BCUT2D eigenvalue weighted by atomic mass is 32.2. The summed E-state index contributed by atoms with van der Waals surface area (Å²) in [4.78, 5) is 23.4. The molecular weight excluding hydrogens is 286 g/mol. The average molecular weight is 309 g/mol. The van der Waals surface area contributed by atoms with Crippen molar-refractivity contribution in [3.63, 3.8) is 0 Å². The number of hydrogen-bond acceptors (Lipinski definition) is 3. The Morgan fingerprint density at radius 3 is 2.38 bits per heavy atom. The van der Waals surface area contributed by atoms with E-state index >= 15 is 0 Å². The molecule has 1 rings (SSSR count). The molecule has 0 aromatic heterocycles. The van der Waals surface area contributed by atoms with Crippen molar-refractivity contribution in [2.45, 2.75) is 50.5 Å². The van der Waals surface area contributed by atoms with Gasteiger partial charge in [0, 0.05) is 17.7 Å². The largest absolute Gasteiger partial charge is 0.481 e. The average Bonchev–Trinajstić information content (AvgIpc) is 2.44. The Hall–Kier alpha value is -1.49. The number of rotatable bonds is 9. The molecule has 0 fully saturated rings. The zero-order chi connectivity index (χ0) is 15.7. The van der Waals surface area contributed by atoms with Crippen molar-refractivity contribution in [2.24, 2.45) is 0 Å². The quantitative estimate of drug-likeness (QED) is 0.540. The van der Waals surface area contributed by atoms with E-state index in [9.17, 15) is 9.59 Å². The summed E-state index contributed by atoms with van der Waals surface area (Å²) in [5.74, 6) is 0.204. The third-order valence-corrected chi connectivity index (χ3v) is 4.01. The lowest BCUT2D eigenvalue weighted by Gasteiger charge is -2.14. The number of amides is 1. The lowest BCUT2D eigenvalue weighted by molar-refractivity contribution is -0.137. The summed E-state index contributed by atoms with van der Waals surface area (Å²) >= 11 is 1.79. The standard InChI is InChI=1S/C16H23NO3S/c1-3-21-14-10-8-13(9-11-14)12(2)17-15(18)6-4-5-7-16(19)20/h8-12H,3-7H2,1-2H3,(H,17,18)(H,19,20). The number of aliphatic carboxylic acids is 1. The molecule has 0 saturated carbocycles. The van der Waals surface area contributed by atoms with E-state index in [1.54, 1.807) is 11.8 Å². The fraction of sp³-hybridized carbons (Fsp3) is 0.500. The lowest BCUT2D eigenvalue weighted by atomic mass is 10.1. The van der Waals surface area contributed by atoms with Crippen molar-refractivity contribution < 1.29 is 14.7 Å². The van der Waals surface area contributed by atoms with E-state index in [4.69, 9.17) is 5.11 Å². The van der Waals surface area contributed by atoms with Crippen molar-refractivity contribution in [3.8, 4) is 0 Å². The molecule has 21 heavy (non-hydrogen) atoms. The van der Waals surface area contributed by atoms with Crippen LogP contribution in [0.3, 0.4) is 0 Å². The summed E-state index contributed by atoms with van der Waals surface area (Å²) in [5.41, 5.74) is 1.08. The third-order valence-electron chi connectivity index (χ3n) is 3.11. The molecule has 1 aromatic rings. The Labute approximate surface area is 130 Å². The Morgan fingerprint density at radius 2 is 1.81 bits per heavy atom. The molecule has 1 atom stereocenters. The first-order valence-electron chi connectivity index (χ1n) is 7.26. The van der Waals surface area contributed by atoms with Gasteiger partial charge in [-0.05, 0) is 43.2 Å². The molecule has 5 heteroatoms. The second-order valence-corrected chi connectivity index (χ2v) is 6.23. The Bertz CT molecular complexity index is 459. The van der Waals surface area contributed by atoms with E-state index in [1.165, 1.54) is 4.90 Å². The molecule has 4 nitrogen and oxygen atoms in total. The maximum absolute atomic E-state index is 11.8. The highest BCUT2D eigenvalue weighted by molar-refractivity contribution is 7.99. The Balaban J connectivity index is 2.36. The molecule has 2 N–H and O–H groups in total. The number of carbonyl (C=O) groups is 2. The van der Waals surface area contributed by atoms with E-state index in [-0.39, 0.29) is 18.4 Å². The molecule has 0 aliphatic heterocycles. The van der Waals surface area contributed by atoms with Gasteiger partial charge in [0.25, 0.3) is 0 Å². The number of carboxylic acid groups (broad SMARTS) is 1. The normalized spacial score (nSPS) is 11.9. The van der Waals surface area contributed by atoms with Crippen LogP contribution in [0, 0.1) is 0 Å². The lowest BCUT2D eigenvalue weighted by Crippen LogP contribution is -2.26. The molecule has 0 saturated heterocycles. The van der Waals surface area contributed by atoms with Crippen LogP contribution in [-0.4, -0.2) is 22.7 Å². The van der Waals surface area contributed by atoms with E-state index in [0.29, 0.717) is 19.3 Å². The molecule has 0 radical (unpaired) electrons. The minimum atomic E-state index is -0.811. The van der Waals surface area contributed by atoms with Gasteiger partial charge < -0.3 is 10.4 Å². The first kappa shape index (κ1) is 17.6. The van der Waals surface area contributed by atoms with Crippen LogP contribution < -0.4 is 5.32 Å². The van der Waals surface area contributed by atoms with Gasteiger partial charge in [-0.25, -0.2) is 0 Å². The van der Waals surface area contributed by atoms with Crippen LogP contribution in [-0.2, 0) is 9.59 Å². The molecule has 1 unspecified atom stereocenters. The first-order chi connectivity index (χ1) is 10.0. The third kappa shape index (κ3) is 7.18. The smallest absolute Gasteiger partial charge is 0.303 e. The van der Waals surface area contributed by atoms with Crippen molar-refractivity contribution in [2.75, 3.05) is 5.75 Å². The van der Waals surface area contributed by atoms with Crippen molar-refractivity contribution in [1.29, 1.82) is 0 Å².